The molecule has 0 saturated carbocycles. The first-order valence-electron chi connectivity index (χ1n) is 4.94. The van der Waals surface area contributed by atoms with Crippen LogP contribution in [0.25, 0.3) is 0 Å². The lowest BCUT2D eigenvalue weighted by atomic mass is 10.2. The number of hydrogen-bond acceptors (Lipinski definition) is 2. The Morgan fingerprint density at radius 2 is 2.20 bits per heavy atom. The summed E-state index contributed by atoms with van der Waals surface area (Å²) >= 11 is 0. The maximum absolute atomic E-state index is 11.5. The third kappa shape index (κ3) is 2.84. The first kappa shape index (κ1) is 11.3. The number of H-pyrrole nitrogens is 1. The van der Waals surface area contributed by atoms with Gasteiger partial charge in [0, 0.05) is 19.7 Å². The molecule has 0 fully saturated rings. The van der Waals surface area contributed by atoms with Crippen molar-refractivity contribution < 1.29 is 0 Å². The lowest BCUT2D eigenvalue weighted by molar-refractivity contribution is 0.771. The quantitative estimate of drug-likeness (QED) is 0.569. The molecule has 1 rings (SSSR count). The normalized spacial score (nSPS) is 9.47. The van der Waals surface area contributed by atoms with Gasteiger partial charge < -0.3 is 4.98 Å². The van der Waals surface area contributed by atoms with Gasteiger partial charge in [-0.25, -0.2) is 4.79 Å². The fourth-order valence-corrected chi connectivity index (χ4v) is 1.08. The zero-order valence-corrected chi connectivity index (χ0v) is 8.96. The second-order valence-electron chi connectivity index (χ2n) is 3.28. The number of hydrogen-bond donors (Lipinski definition) is 1. The highest BCUT2D eigenvalue weighted by Gasteiger charge is 1.99. The summed E-state index contributed by atoms with van der Waals surface area (Å²) in [7, 11) is 1.43. The summed E-state index contributed by atoms with van der Waals surface area (Å²) in [4.78, 5) is 25.0. The summed E-state index contributed by atoms with van der Waals surface area (Å²) in [5.74, 6) is 5.67. The molecule has 0 radical (unpaired) electrons. The van der Waals surface area contributed by atoms with E-state index in [9.17, 15) is 9.59 Å². The summed E-state index contributed by atoms with van der Waals surface area (Å²) in [5.41, 5.74) is -0.421. The third-order valence-corrected chi connectivity index (χ3v) is 2.06. The largest absolute Gasteiger partial charge is 0.328 e. The molecule has 4 nitrogen and oxygen atoms in total. The molecule has 1 aromatic heterocycles. The van der Waals surface area contributed by atoms with Gasteiger partial charge in [-0.1, -0.05) is 25.2 Å². The molecule has 0 amide bonds. The monoisotopic (exact) mass is 206 g/mol. The van der Waals surface area contributed by atoms with Crippen molar-refractivity contribution in [2.24, 2.45) is 7.05 Å². The fraction of sp³-hybridized carbons (Fsp3) is 0.455. The maximum atomic E-state index is 11.5. The molecule has 0 aliphatic heterocycles. The van der Waals surface area contributed by atoms with Gasteiger partial charge in [0.2, 0.25) is 0 Å². The molecule has 80 valence electrons. The van der Waals surface area contributed by atoms with Crippen molar-refractivity contribution >= 4 is 0 Å². The van der Waals surface area contributed by atoms with Crippen LogP contribution in [0.3, 0.4) is 0 Å². The summed E-state index contributed by atoms with van der Waals surface area (Å²) in [5, 5.41) is 0. The second-order valence-corrected chi connectivity index (χ2v) is 3.28. The van der Waals surface area contributed by atoms with Gasteiger partial charge in [0.05, 0.1) is 0 Å². The molecule has 1 aromatic rings. The van der Waals surface area contributed by atoms with Crippen LogP contribution < -0.4 is 11.2 Å². The van der Waals surface area contributed by atoms with Gasteiger partial charge in [-0.3, -0.25) is 9.36 Å². The Kier molecular flexibility index (Phi) is 3.92. The molecule has 0 bridgehead atoms. The lowest BCUT2D eigenvalue weighted by Crippen LogP contribution is -2.33. The zero-order chi connectivity index (χ0) is 11.3. The van der Waals surface area contributed by atoms with Crippen molar-refractivity contribution in [3.05, 3.63) is 32.6 Å². The van der Waals surface area contributed by atoms with Crippen LogP contribution >= 0.6 is 0 Å². The minimum absolute atomic E-state index is 0.341. The van der Waals surface area contributed by atoms with E-state index in [-0.39, 0.29) is 5.56 Å². The summed E-state index contributed by atoms with van der Waals surface area (Å²) in [6.07, 6.45) is 4.25. The van der Waals surface area contributed by atoms with Crippen LogP contribution in [-0.2, 0) is 7.05 Å². The molecule has 0 unspecified atom stereocenters. The molecule has 0 atom stereocenters. The number of unbranched alkanes of at least 4 members (excludes halogenated alkanes) is 2. The molecule has 0 aromatic carbocycles. The number of nitrogens with one attached hydrogen (secondary N) is 1. The van der Waals surface area contributed by atoms with Crippen LogP contribution in [0.5, 0.6) is 0 Å². The van der Waals surface area contributed by atoms with E-state index in [0.29, 0.717) is 5.56 Å². The van der Waals surface area contributed by atoms with E-state index in [0.717, 1.165) is 23.8 Å². The van der Waals surface area contributed by atoms with Gasteiger partial charge in [-0.15, -0.1) is 0 Å². The van der Waals surface area contributed by atoms with Crippen LogP contribution in [0.1, 0.15) is 31.7 Å². The van der Waals surface area contributed by atoms with Gasteiger partial charge in [-0.2, -0.15) is 0 Å². The Morgan fingerprint density at radius 1 is 1.47 bits per heavy atom. The average Bonchev–Trinajstić information content (AvgIpc) is 2.24. The predicted molar refractivity (Wildman–Crippen MR) is 58.7 cm³/mol. The van der Waals surface area contributed by atoms with Gasteiger partial charge in [0.25, 0.3) is 5.56 Å². The highest BCUT2D eigenvalue weighted by Crippen LogP contribution is 1.91. The molecule has 0 aliphatic carbocycles. The third-order valence-electron chi connectivity index (χ3n) is 2.06. The summed E-state index contributed by atoms with van der Waals surface area (Å²) in [6, 6.07) is 0. The predicted octanol–water partition coefficient (Wildman–Crippen LogP) is 0.615. The van der Waals surface area contributed by atoms with Crippen LogP contribution in [0.15, 0.2) is 15.8 Å². The Balaban J connectivity index is 2.96. The van der Waals surface area contributed by atoms with Crippen LogP contribution in [-0.4, -0.2) is 9.55 Å². The number of nitrogens with zero attached hydrogens (tertiary/aromatic N) is 1. The Bertz CT molecular complexity index is 500. The zero-order valence-electron chi connectivity index (χ0n) is 8.96. The first-order chi connectivity index (χ1) is 7.16. The van der Waals surface area contributed by atoms with Crippen molar-refractivity contribution in [2.45, 2.75) is 26.2 Å². The van der Waals surface area contributed by atoms with Crippen molar-refractivity contribution in [1.82, 2.24) is 9.55 Å². The van der Waals surface area contributed by atoms with Gasteiger partial charge in [0.1, 0.15) is 5.56 Å². The SMILES string of the molecule is CCCCC#Cc1c[nH]c(=O)n(C)c1=O. The molecule has 4 heteroatoms. The van der Waals surface area contributed by atoms with E-state index in [4.69, 9.17) is 0 Å². The van der Waals surface area contributed by atoms with E-state index in [2.05, 4.69) is 23.7 Å². The van der Waals surface area contributed by atoms with Gasteiger partial charge in [0.15, 0.2) is 0 Å². The Hall–Kier alpha value is -1.76. The van der Waals surface area contributed by atoms with E-state index in [1.54, 1.807) is 0 Å². The summed E-state index contributed by atoms with van der Waals surface area (Å²) in [6.45, 7) is 2.08. The average molecular weight is 206 g/mol. The molecular formula is C11H14N2O2. The van der Waals surface area contributed by atoms with E-state index in [1.165, 1.54) is 13.2 Å². The lowest BCUT2D eigenvalue weighted by Gasteiger charge is -1.94. The Labute approximate surface area is 88.0 Å². The van der Waals surface area contributed by atoms with Crippen molar-refractivity contribution in [2.75, 3.05) is 0 Å². The highest BCUT2D eigenvalue weighted by atomic mass is 16.2. The number of aromatic nitrogens is 2. The highest BCUT2D eigenvalue weighted by molar-refractivity contribution is 5.29. The minimum Gasteiger partial charge on any atom is -0.313 e. The van der Waals surface area contributed by atoms with Crippen LogP contribution in [0, 0.1) is 11.8 Å². The van der Waals surface area contributed by atoms with Crippen molar-refractivity contribution in [3.63, 3.8) is 0 Å². The molecular weight excluding hydrogens is 192 g/mol. The first-order valence-corrected chi connectivity index (χ1v) is 4.94. The van der Waals surface area contributed by atoms with E-state index in [1.807, 2.05) is 0 Å². The van der Waals surface area contributed by atoms with Crippen molar-refractivity contribution in [1.29, 1.82) is 0 Å². The minimum atomic E-state index is -0.417. The second kappa shape index (κ2) is 5.20. The fourth-order valence-electron chi connectivity index (χ4n) is 1.08. The van der Waals surface area contributed by atoms with Gasteiger partial charge in [-0.05, 0) is 6.42 Å². The molecule has 15 heavy (non-hydrogen) atoms. The van der Waals surface area contributed by atoms with E-state index < -0.39 is 5.69 Å². The van der Waals surface area contributed by atoms with Crippen LogP contribution in [0.2, 0.25) is 0 Å². The Morgan fingerprint density at radius 3 is 2.87 bits per heavy atom. The van der Waals surface area contributed by atoms with E-state index >= 15 is 0 Å². The molecule has 0 aliphatic rings. The maximum Gasteiger partial charge on any atom is 0.328 e. The summed E-state index contributed by atoms with van der Waals surface area (Å²) < 4.78 is 1.02. The smallest absolute Gasteiger partial charge is 0.313 e. The number of aromatic amines is 1. The van der Waals surface area contributed by atoms with Gasteiger partial charge >= 0.3 is 5.69 Å². The molecule has 1 N–H and O–H groups in total. The van der Waals surface area contributed by atoms with Crippen LogP contribution in [0.4, 0.5) is 0 Å². The number of rotatable bonds is 2. The molecule has 1 heterocycles. The van der Waals surface area contributed by atoms with Crippen molar-refractivity contribution in [3.8, 4) is 11.8 Å². The molecule has 0 spiro atoms. The topological polar surface area (TPSA) is 54.9 Å². The molecule has 0 saturated heterocycles. The standard InChI is InChI=1S/C11H14N2O2/c1-3-4-5-6-7-9-8-12-11(15)13(2)10(9)14/h8H,3-5H2,1-2H3,(H,12,15).